The van der Waals surface area contributed by atoms with E-state index in [0.717, 1.165) is 22.3 Å². The first-order valence-electron chi connectivity index (χ1n) is 9.18. The first kappa shape index (κ1) is 17.1. The van der Waals surface area contributed by atoms with Gasteiger partial charge in [-0.2, -0.15) is 0 Å². The predicted octanol–water partition coefficient (Wildman–Crippen LogP) is 5.10. The highest BCUT2D eigenvalue weighted by molar-refractivity contribution is 6.04. The Morgan fingerprint density at radius 3 is 2.04 bits per heavy atom. The van der Waals surface area contributed by atoms with Gasteiger partial charge < -0.3 is 10.3 Å². The van der Waals surface area contributed by atoms with Gasteiger partial charge in [0.15, 0.2) is 0 Å². The van der Waals surface area contributed by atoms with Crippen LogP contribution in [0.1, 0.15) is 6.92 Å². The molecule has 3 nitrogen and oxygen atoms in total. The van der Waals surface area contributed by atoms with E-state index >= 15 is 0 Å². The number of benzene rings is 3. The van der Waals surface area contributed by atoms with Crippen molar-refractivity contribution in [2.45, 2.75) is 13.5 Å². The fourth-order valence-corrected chi connectivity index (χ4v) is 3.65. The minimum Gasteiger partial charge on any atom is -0.369 e. The summed E-state index contributed by atoms with van der Waals surface area (Å²) in [5.41, 5.74) is 11.3. The van der Waals surface area contributed by atoms with Gasteiger partial charge in [0.1, 0.15) is 0 Å². The molecule has 1 atom stereocenters. The van der Waals surface area contributed by atoms with Crippen LogP contribution in [0.4, 0.5) is 0 Å². The van der Waals surface area contributed by atoms with E-state index in [1.807, 2.05) is 37.3 Å². The minimum atomic E-state index is -0.284. The lowest BCUT2D eigenvalue weighted by atomic mass is 9.98. The van der Waals surface area contributed by atoms with Crippen LogP contribution in [0.25, 0.3) is 33.3 Å². The lowest BCUT2D eigenvalue weighted by Gasteiger charge is -2.16. The van der Waals surface area contributed by atoms with E-state index in [1.165, 1.54) is 10.9 Å². The minimum absolute atomic E-state index is 0.258. The zero-order chi connectivity index (χ0) is 18.8. The quantitative estimate of drug-likeness (QED) is 0.533. The molecule has 0 fully saturated rings. The van der Waals surface area contributed by atoms with E-state index in [0.29, 0.717) is 6.54 Å². The van der Waals surface area contributed by atoms with Crippen molar-refractivity contribution in [1.82, 2.24) is 4.57 Å². The van der Waals surface area contributed by atoms with Crippen molar-refractivity contribution < 1.29 is 4.79 Å². The molecular formula is C24H22N2O. The highest BCUT2D eigenvalue weighted by atomic mass is 16.1. The standard InChI is InChI=1S/C24H22N2O/c1-17(24(25)27)16-26-21-15-9-8-14-20(21)22(18-10-4-2-5-11-18)23(26)19-12-6-3-7-13-19/h2-15,17H,16H2,1H3,(H2,25,27). The highest BCUT2D eigenvalue weighted by Gasteiger charge is 2.22. The summed E-state index contributed by atoms with van der Waals surface area (Å²) in [6, 6.07) is 29.1. The third-order valence-electron chi connectivity index (χ3n) is 5.02. The van der Waals surface area contributed by atoms with Gasteiger partial charge in [0.2, 0.25) is 5.91 Å². The lowest BCUT2D eigenvalue weighted by Crippen LogP contribution is -2.24. The van der Waals surface area contributed by atoms with E-state index in [2.05, 4.69) is 59.2 Å². The maximum absolute atomic E-state index is 11.8. The molecule has 0 aliphatic heterocycles. The number of nitrogens with two attached hydrogens (primary N) is 1. The van der Waals surface area contributed by atoms with Crippen molar-refractivity contribution in [3.8, 4) is 22.4 Å². The molecule has 2 N–H and O–H groups in total. The third kappa shape index (κ3) is 3.13. The number of carbonyl (C=O) groups is 1. The maximum atomic E-state index is 11.8. The summed E-state index contributed by atoms with van der Waals surface area (Å²) in [6.45, 7) is 2.43. The maximum Gasteiger partial charge on any atom is 0.222 e. The van der Waals surface area contributed by atoms with Gasteiger partial charge in [-0.1, -0.05) is 85.8 Å². The number of para-hydroxylation sites is 1. The Labute approximate surface area is 159 Å². The van der Waals surface area contributed by atoms with Gasteiger partial charge in [-0.3, -0.25) is 4.79 Å². The van der Waals surface area contributed by atoms with E-state index in [1.54, 1.807) is 0 Å². The molecule has 0 bridgehead atoms. The van der Waals surface area contributed by atoms with Crippen molar-refractivity contribution in [2.24, 2.45) is 11.7 Å². The van der Waals surface area contributed by atoms with Crippen LogP contribution in [0.3, 0.4) is 0 Å². The number of fused-ring (bicyclic) bond motifs is 1. The number of rotatable bonds is 5. The molecule has 134 valence electrons. The van der Waals surface area contributed by atoms with Crippen molar-refractivity contribution in [2.75, 3.05) is 0 Å². The Balaban J connectivity index is 2.07. The molecule has 0 saturated carbocycles. The van der Waals surface area contributed by atoms with Crippen molar-refractivity contribution in [3.05, 3.63) is 84.9 Å². The average Bonchev–Trinajstić information content (AvgIpc) is 3.03. The van der Waals surface area contributed by atoms with E-state index in [9.17, 15) is 4.79 Å². The van der Waals surface area contributed by atoms with Crippen LogP contribution in [-0.2, 0) is 11.3 Å². The number of nitrogens with zero attached hydrogens (tertiary/aromatic N) is 1. The van der Waals surface area contributed by atoms with Gasteiger partial charge in [-0.15, -0.1) is 0 Å². The number of amides is 1. The second kappa shape index (κ2) is 7.12. The Bertz CT molecular complexity index is 1080. The van der Waals surface area contributed by atoms with Crippen molar-refractivity contribution >= 4 is 16.8 Å². The molecule has 0 radical (unpaired) electrons. The number of aromatic nitrogens is 1. The first-order valence-corrected chi connectivity index (χ1v) is 9.18. The van der Waals surface area contributed by atoms with Crippen LogP contribution < -0.4 is 5.73 Å². The van der Waals surface area contributed by atoms with Gasteiger partial charge in [0.25, 0.3) is 0 Å². The van der Waals surface area contributed by atoms with Crippen molar-refractivity contribution in [3.63, 3.8) is 0 Å². The first-order chi connectivity index (χ1) is 13.2. The summed E-state index contributed by atoms with van der Waals surface area (Å²) >= 11 is 0. The largest absolute Gasteiger partial charge is 0.369 e. The Morgan fingerprint density at radius 1 is 0.852 bits per heavy atom. The average molecular weight is 354 g/mol. The molecule has 1 amide bonds. The van der Waals surface area contributed by atoms with Crippen molar-refractivity contribution in [1.29, 1.82) is 0 Å². The molecular weight excluding hydrogens is 332 g/mol. The van der Waals surface area contributed by atoms with Crippen LogP contribution in [0.2, 0.25) is 0 Å². The summed E-state index contributed by atoms with van der Waals surface area (Å²) in [5.74, 6) is -0.542. The van der Waals surface area contributed by atoms with E-state index in [-0.39, 0.29) is 11.8 Å². The number of carbonyl (C=O) groups excluding carboxylic acids is 1. The molecule has 1 unspecified atom stereocenters. The second-order valence-electron chi connectivity index (χ2n) is 6.89. The lowest BCUT2D eigenvalue weighted by molar-refractivity contribution is -0.121. The summed E-state index contributed by atoms with van der Waals surface area (Å²) in [5, 5.41) is 1.18. The molecule has 0 aliphatic carbocycles. The van der Waals surface area contributed by atoms with Crippen LogP contribution >= 0.6 is 0 Å². The Kier molecular flexibility index (Phi) is 4.51. The van der Waals surface area contributed by atoms with Gasteiger partial charge >= 0.3 is 0 Å². The number of hydrogen-bond acceptors (Lipinski definition) is 1. The zero-order valence-corrected chi connectivity index (χ0v) is 15.3. The van der Waals surface area contributed by atoms with Crippen LogP contribution in [-0.4, -0.2) is 10.5 Å². The molecule has 4 rings (SSSR count). The summed E-state index contributed by atoms with van der Waals surface area (Å²) in [7, 11) is 0. The topological polar surface area (TPSA) is 48.0 Å². The normalized spacial score (nSPS) is 12.2. The Hall–Kier alpha value is -3.33. The summed E-state index contributed by atoms with van der Waals surface area (Å²) in [6.07, 6.45) is 0. The molecule has 3 aromatic carbocycles. The monoisotopic (exact) mass is 354 g/mol. The van der Waals surface area contributed by atoms with E-state index < -0.39 is 0 Å². The van der Waals surface area contributed by atoms with Crippen LogP contribution in [0.5, 0.6) is 0 Å². The molecule has 1 heterocycles. The SMILES string of the molecule is CC(Cn1c(-c2ccccc2)c(-c2ccccc2)c2ccccc21)C(N)=O. The van der Waals surface area contributed by atoms with Gasteiger partial charge in [-0.25, -0.2) is 0 Å². The second-order valence-corrected chi connectivity index (χ2v) is 6.89. The van der Waals surface area contributed by atoms with Crippen LogP contribution in [0, 0.1) is 5.92 Å². The third-order valence-corrected chi connectivity index (χ3v) is 5.02. The smallest absolute Gasteiger partial charge is 0.222 e. The highest BCUT2D eigenvalue weighted by Crippen LogP contribution is 2.41. The van der Waals surface area contributed by atoms with Gasteiger partial charge in [0.05, 0.1) is 11.6 Å². The molecule has 27 heavy (non-hydrogen) atoms. The molecule has 0 spiro atoms. The molecule has 0 aliphatic rings. The van der Waals surface area contributed by atoms with E-state index in [4.69, 9.17) is 5.73 Å². The summed E-state index contributed by atoms with van der Waals surface area (Å²) < 4.78 is 2.24. The number of primary amides is 1. The van der Waals surface area contributed by atoms with Gasteiger partial charge in [0, 0.05) is 23.0 Å². The summed E-state index contributed by atoms with van der Waals surface area (Å²) in [4.78, 5) is 11.8. The van der Waals surface area contributed by atoms with Gasteiger partial charge in [-0.05, 0) is 17.2 Å². The fraction of sp³-hybridized carbons (Fsp3) is 0.125. The number of hydrogen-bond donors (Lipinski definition) is 1. The molecule has 1 aromatic heterocycles. The predicted molar refractivity (Wildman–Crippen MR) is 111 cm³/mol. The zero-order valence-electron chi connectivity index (χ0n) is 15.3. The Morgan fingerprint density at radius 2 is 1.41 bits per heavy atom. The van der Waals surface area contributed by atoms with Crippen LogP contribution in [0.15, 0.2) is 84.9 Å². The molecule has 4 aromatic rings. The molecule has 0 saturated heterocycles. The fourth-order valence-electron chi connectivity index (χ4n) is 3.65. The molecule has 3 heteroatoms.